The Bertz CT molecular complexity index is 608. The molecule has 0 atom stereocenters. The normalized spacial score (nSPS) is 14.1. The predicted molar refractivity (Wildman–Crippen MR) is 76.4 cm³/mol. The molecular formula is C14H19N5O. The topological polar surface area (TPSA) is 64.9 Å². The number of anilines is 1. The van der Waals surface area contributed by atoms with Crippen LogP contribution in [0.15, 0.2) is 12.4 Å². The van der Waals surface area contributed by atoms with Crippen LogP contribution in [0.3, 0.4) is 0 Å². The second kappa shape index (κ2) is 5.58. The lowest BCUT2D eigenvalue weighted by molar-refractivity contribution is 0.109. The Labute approximate surface area is 118 Å². The number of fused-ring (bicyclic) bond motifs is 1. The number of nitrogens with one attached hydrogen (secondary N) is 1. The fourth-order valence-corrected chi connectivity index (χ4v) is 2.30. The average molecular weight is 273 g/mol. The van der Waals surface area contributed by atoms with Gasteiger partial charge in [0.1, 0.15) is 5.82 Å². The van der Waals surface area contributed by atoms with Gasteiger partial charge < -0.3 is 14.6 Å². The first-order valence-electron chi connectivity index (χ1n) is 6.98. The molecule has 0 spiro atoms. The number of hydrogen-bond acceptors (Lipinski definition) is 5. The Kier molecular flexibility index (Phi) is 3.64. The Balaban J connectivity index is 2.05. The molecule has 3 heterocycles. The van der Waals surface area contributed by atoms with E-state index in [0.29, 0.717) is 12.4 Å². The minimum absolute atomic E-state index is 0.586. The van der Waals surface area contributed by atoms with Crippen molar-refractivity contribution in [3.05, 3.63) is 23.7 Å². The molecule has 1 aliphatic heterocycles. The lowest BCUT2D eigenvalue weighted by Crippen LogP contribution is -2.18. The molecule has 6 heteroatoms. The van der Waals surface area contributed by atoms with Gasteiger partial charge in [0.25, 0.3) is 0 Å². The van der Waals surface area contributed by atoms with E-state index in [1.807, 2.05) is 17.8 Å². The highest BCUT2D eigenvalue weighted by Gasteiger charge is 2.20. The third-order valence-corrected chi connectivity index (χ3v) is 3.39. The summed E-state index contributed by atoms with van der Waals surface area (Å²) in [5, 5.41) is 3.38. The molecule has 0 aromatic carbocycles. The summed E-state index contributed by atoms with van der Waals surface area (Å²) in [6.07, 6.45) is 5.55. The number of nitrogens with zero attached hydrogens (tertiary/aromatic N) is 4. The molecule has 2 aromatic heterocycles. The van der Waals surface area contributed by atoms with Crippen LogP contribution >= 0.6 is 0 Å². The predicted octanol–water partition coefficient (Wildman–Crippen LogP) is 1.77. The maximum atomic E-state index is 5.53. The molecule has 106 valence electrons. The quantitative estimate of drug-likeness (QED) is 0.919. The minimum Gasteiger partial charge on any atom is -0.376 e. The molecule has 0 unspecified atom stereocenters. The number of rotatable bonds is 4. The molecule has 3 rings (SSSR count). The first-order valence-corrected chi connectivity index (χ1v) is 6.98. The van der Waals surface area contributed by atoms with E-state index in [0.717, 1.165) is 48.9 Å². The van der Waals surface area contributed by atoms with Crippen LogP contribution in [-0.4, -0.2) is 32.7 Å². The standard InChI is InChI=1S/C14H19N5O/c1-3-5-15-12-10-9-20-8-4-11(10)17-13(18-12)14-16-6-7-19(14)2/h6-7H,3-5,8-9H2,1-2H3,(H,15,17,18). The number of aromatic nitrogens is 4. The Morgan fingerprint density at radius 1 is 1.40 bits per heavy atom. The van der Waals surface area contributed by atoms with Crippen LogP contribution in [-0.2, 0) is 24.8 Å². The molecule has 1 aliphatic rings. The Morgan fingerprint density at radius 2 is 2.30 bits per heavy atom. The van der Waals surface area contributed by atoms with Crippen molar-refractivity contribution in [1.82, 2.24) is 19.5 Å². The van der Waals surface area contributed by atoms with E-state index in [1.54, 1.807) is 6.20 Å². The van der Waals surface area contributed by atoms with Crippen molar-refractivity contribution in [2.75, 3.05) is 18.5 Å². The van der Waals surface area contributed by atoms with Crippen molar-refractivity contribution in [3.8, 4) is 11.6 Å². The van der Waals surface area contributed by atoms with E-state index < -0.39 is 0 Å². The lowest BCUT2D eigenvalue weighted by atomic mass is 10.1. The van der Waals surface area contributed by atoms with E-state index in [4.69, 9.17) is 4.74 Å². The van der Waals surface area contributed by atoms with Gasteiger partial charge in [0.2, 0.25) is 0 Å². The minimum atomic E-state index is 0.586. The lowest BCUT2D eigenvalue weighted by Gasteiger charge is -2.20. The van der Waals surface area contributed by atoms with Gasteiger partial charge in [0.05, 0.1) is 18.9 Å². The summed E-state index contributed by atoms with van der Waals surface area (Å²) in [6, 6.07) is 0. The van der Waals surface area contributed by atoms with Gasteiger partial charge in [-0.25, -0.2) is 15.0 Å². The molecule has 2 aromatic rings. The zero-order valence-electron chi connectivity index (χ0n) is 11.9. The van der Waals surface area contributed by atoms with E-state index >= 15 is 0 Å². The first kappa shape index (κ1) is 13.1. The molecule has 0 amide bonds. The van der Waals surface area contributed by atoms with E-state index in [-0.39, 0.29) is 0 Å². The smallest absolute Gasteiger partial charge is 0.198 e. The monoisotopic (exact) mass is 273 g/mol. The second-order valence-corrected chi connectivity index (χ2v) is 4.91. The summed E-state index contributed by atoms with van der Waals surface area (Å²) in [7, 11) is 1.95. The highest BCUT2D eigenvalue weighted by molar-refractivity contribution is 5.55. The van der Waals surface area contributed by atoms with E-state index in [9.17, 15) is 0 Å². The van der Waals surface area contributed by atoms with Gasteiger partial charge in [-0.05, 0) is 6.42 Å². The van der Waals surface area contributed by atoms with Crippen LogP contribution in [0.5, 0.6) is 0 Å². The third-order valence-electron chi connectivity index (χ3n) is 3.39. The zero-order valence-corrected chi connectivity index (χ0v) is 11.9. The van der Waals surface area contributed by atoms with Gasteiger partial charge in [-0.2, -0.15) is 0 Å². The van der Waals surface area contributed by atoms with Crippen LogP contribution < -0.4 is 5.32 Å². The van der Waals surface area contributed by atoms with Crippen LogP contribution in [0.2, 0.25) is 0 Å². The summed E-state index contributed by atoms with van der Waals surface area (Å²) in [4.78, 5) is 13.6. The molecule has 20 heavy (non-hydrogen) atoms. The number of imidazole rings is 1. The molecule has 0 fully saturated rings. The first-order chi connectivity index (χ1) is 9.79. The highest BCUT2D eigenvalue weighted by Crippen LogP contribution is 2.25. The molecule has 0 saturated carbocycles. The van der Waals surface area contributed by atoms with Crippen molar-refractivity contribution < 1.29 is 4.74 Å². The van der Waals surface area contributed by atoms with Crippen molar-refractivity contribution in [2.45, 2.75) is 26.4 Å². The van der Waals surface area contributed by atoms with Crippen molar-refractivity contribution in [1.29, 1.82) is 0 Å². The SMILES string of the molecule is CCCNc1nc(-c2nccn2C)nc2c1COCC2. The fourth-order valence-electron chi connectivity index (χ4n) is 2.30. The van der Waals surface area contributed by atoms with E-state index in [2.05, 4.69) is 27.2 Å². The molecule has 0 radical (unpaired) electrons. The van der Waals surface area contributed by atoms with Gasteiger partial charge in [0.15, 0.2) is 11.6 Å². The third kappa shape index (κ3) is 2.38. The summed E-state index contributed by atoms with van der Waals surface area (Å²) in [5.41, 5.74) is 2.16. The van der Waals surface area contributed by atoms with Gasteiger partial charge in [-0.15, -0.1) is 0 Å². The van der Waals surface area contributed by atoms with Crippen LogP contribution in [0.4, 0.5) is 5.82 Å². The van der Waals surface area contributed by atoms with Gasteiger partial charge in [-0.1, -0.05) is 6.92 Å². The average Bonchev–Trinajstić information content (AvgIpc) is 2.90. The molecule has 6 nitrogen and oxygen atoms in total. The number of hydrogen-bond donors (Lipinski definition) is 1. The Morgan fingerprint density at radius 3 is 3.05 bits per heavy atom. The molecular weight excluding hydrogens is 254 g/mol. The van der Waals surface area contributed by atoms with E-state index in [1.165, 1.54) is 0 Å². The highest BCUT2D eigenvalue weighted by atomic mass is 16.5. The van der Waals surface area contributed by atoms with Crippen LogP contribution in [0.25, 0.3) is 11.6 Å². The Hall–Kier alpha value is -1.95. The zero-order chi connectivity index (χ0) is 13.9. The molecule has 1 N–H and O–H groups in total. The summed E-state index contributed by atoms with van der Waals surface area (Å²) >= 11 is 0. The summed E-state index contributed by atoms with van der Waals surface area (Å²) in [6.45, 7) is 4.33. The summed E-state index contributed by atoms with van der Waals surface area (Å²) in [5.74, 6) is 2.35. The largest absolute Gasteiger partial charge is 0.376 e. The summed E-state index contributed by atoms with van der Waals surface area (Å²) < 4.78 is 7.47. The van der Waals surface area contributed by atoms with Crippen LogP contribution in [0.1, 0.15) is 24.6 Å². The second-order valence-electron chi connectivity index (χ2n) is 4.91. The van der Waals surface area contributed by atoms with Crippen LogP contribution in [0, 0.1) is 0 Å². The molecule has 0 saturated heterocycles. The molecule has 0 aliphatic carbocycles. The maximum Gasteiger partial charge on any atom is 0.198 e. The number of ether oxygens (including phenoxy) is 1. The van der Waals surface area contributed by atoms with Crippen molar-refractivity contribution in [3.63, 3.8) is 0 Å². The van der Waals surface area contributed by atoms with Gasteiger partial charge >= 0.3 is 0 Å². The van der Waals surface area contributed by atoms with Gasteiger partial charge in [-0.3, -0.25) is 0 Å². The van der Waals surface area contributed by atoms with Gasteiger partial charge in [0, 0.05) is 38.0 Å². The maximum absolute atomic E-state index is 5.53. The van der Waals surface area contributed by atoms with Crippen molar-refractivity contribution in [2.24, 2.45) is 7.05 Å². The molecule has 0 bridgehead atoms. The fraction of sp³-hybridized carbons (Fsp3) is 0.500. The van der Waals surface area contributed by atoms with Crippen molar-refractivity contribution >= 4 is 5.82 Å². The number of aryl methyl sites for hydroxylation is 1.